The fourth-order valence-electron chi connectivity index (χ4n) is 3.13. The van der Waals surface area contributed by atoms with Crippen molar-refractivity contribution >= 4 is 34.6 Å². The van der Waals surface area contributed by atoms with Gasteiger partial charge in [-0.1, -0.05) is 47.5 Å². The predicted octanol–water partition coefficient (Wildman–Crippen LogP) is 4.32. The van der Waals surface area contributed by atoms with Crippen molar-refractivity contribution in [3.05, 3.63) is 64.2 Å². The second-order valence-electron chi connectivity index (χ2n) is 6.89. The number of thiocarbonyl (C=S) groups is 1. The smallest absolute Gasteiger partial charge is 0.171 e. The third-order valence-electron chi connectivity index (χ3n) is 4.85. The number of anilines is 1. The number of hydrogen-bond acceptors (Lipinski definition) is 3. The van der Waals surface area contributed by atoms with Gasteiger partial charge in [0.05, 0.1) is 19.3 Å². The summed E-state index contributed by atoms with van der Waals surface area (Å²) < 4.78 is 5.47. The van der Waals surface area contributed by atoms with Crippen molar-refractivity contribution in [2.45, 2.75) is 19.9 Å². The van der Waals surface area contributed by atoms with E-state index in [9.17, 15) is 0 Å². The summed E-state index contributed by atoms with van der Waals surface area (Å²) in [5.41, 5.74) is 4.38. The van der Waals surface area contributed by atoms with Crippen LogP contribution in [0.15, 0.2) is 42.5 Å². The third kappa shape index (κ3) is 5.66. The standard InChI is InChI=1S/C21H26ClN3OS/c1-15-6-8-17(9-7-15)20(14-25-10-12-26-13-11-25)24-21(27)23-19-5-3-4-18(22)16(19)2/h3-9,20H,10-14H2,1-2H3,(H2,23,24,27)/t20-/m1/s1. The molecule has 1 saturated heterocycles. The van der Waals surface area contributed by atoms with Gasteiger partial charge in [-0.25, -0.2) is 0 Å². The quantitative estimate of drug-likeness (QED) is 0.727. The Labute approximate surface area is 171 Å². The van der Waals surface area contributed by atoms with Gasteiger partial charge in [-0.15, -0.1) is 0 Å². The number of nitrogens with zero attached hydrogens (tertiary/aromatic N) is 1. The van der Waals surface area contributed by atoms with Crippen molar-refractivity contribution in [3.63, 3.8) is 0 Å². The minimum absolute atomic E-state index is 0.100. The number of halogens is 1. The van der Waals surface area contributed by atoms with Crippen LogP contribution in [-0.2, 0) is 4.74 Å². The summed E-state index contributed by atoms with van der Waals surface area (Å²) in [6.45, 7) is 8.41. The van der Waals surface area contributed by atoms with Gasteiger partial charge in [0.2, 0.25) is 0 Å². The van der Waals surface area contributed by atoms with Crippen molar-refractivity contribution in [2.75, 3.05) is 38.2 Å². The Morgan fingerprint density at radius 3 is 2.56 bits per heavy atom. The molecule has 0 radical (unpaired) electrons. The van der Waals surface area contributed by atoms with Gasteiger partial charge in [-0.2, -0.15) is 0 Å². The molecule has 2 aromatic rings. The van der Waals surface area contributed by atoms with Crippen LogP contribution in [0.3, 0.4) is 0 Å². The second kappa shape index (κ2) is 9.51. The fourth-order valence-corrected chi connectivity index (χ4v) is 3.56. The van der Waals surface area contributed by atoms with Crippen LogP contribution in [0.4, 0.5) is 5.69 Å². The molecule has 0 bridgehead atoms. The zero-order valence-electron chi connectivity index (χ0n) is 15.8. The lowest BCUT2D eigenvalue weighted by Gasteiger charge is -2.31. The van der Waals surface area contributed by atoms with E-state index >= 15 is 0 Å². The van der Waals surface area contributed by atoms with E-state index < -0.39 is 0 Å². The third-order valence-corrected chi connectivity index (χ3v) is 5.47. The maximum atomic E-state index is 6.22. The molecule has 1 aliphatic heterocycles. The Morgan fingerprint density at radius 1 is 1.15 bits per heavy atom. The molecule has 1 atom stereocenters. The number of morpholine rings is 1. The monoisotopic (exact) mass is 403 g/mol. The molecule has 27 heavy (non-hydrogen) atoms. The van der Waals surface area contributed by atoms with E-state index in [2.05, 4.69) is 46.7 Å². The second-order valence-corrected chi connectivity index (χ2v) is 7.70. The van der Waals surface area contributed by atoms with Crippen molar-refractivity contribution in [1.82, 2.24) is 10.2 Å². The maximum absolute atomic E-state index is 6.22. The van der Waals surface area contributed by atoms with Crippen LogP contribution < -0.4 is 10.6 Å². The lowest BCUT2D eigenvalue weighted by atomic mass is 10.0. The molecule has 3 rings (SSSR count). The topological polar surface area (TPSA) is 36.5 Å². The molecule has 1 aliphatic rings. The molecule has 1 fully saturated rings. The average Bonchev–Trinajstić information content (AvgIpc) is 2.66. The number of benzene rings is 2. The molecule has 0 aromatic heterocycles. The highest BCUT2D eigenvalue weighted by Gasteiger charge is 2.19. The SMILES string of the molecule is Cc1ccc([C@@H](CN2CCOCC2)NC(=S)Nc2cccc(Cl)c2C)cc1. The van der Waals surface area contributed by atoms with E-state index in [1.807, 2.05) is 25.1 Å². The van der Waals surface area contributed by atoms with Gasteiger partial charge in [0.1, 0.15) is 0 Å². The van der Waals surface area contributed by atoms with Gasteiger partial charge >= 0.3 is 0 Å². The van der Waals surface area contributed by atoms with Gasteiger partial charge in [0.25, 0.3) is 0 Å². The highest BCUT2D eigenvalue weighted by molar-refractivity contribution is 7.80. The lowest BCUT2D eigenvalue weighted by Crippen LogP contribution is -2.44. The first-order valence-corrected chi connectivity index (χ1v) is 10.0. The summed E-state index contributed by atoms with van der Waals surface area (Å²) >= 11 is 11.8. The lowest BCUT2D eigenvalue weighted by molar-refractivity contribution is 0.0344. The maximum Gasteiger partial charge on any atom is 0.171 e. The van der Waals surface area contributed by atoms with E-state index in [1.165, 1.54) is 11.1 Å². The molecule has 0 saturated carbocycles. The Morgan fingerprint density at radius 2 is 1.85 bits per heavy atom. The zero-order valence-corrected chi connectivity index (χ0v) is 17.4. The van der Waals surface area contributed by atoms with E-state index in [0.29, 0.717) is 5.11 Å². The highest BCUT2D eigenvalue weighted by Crippen LogP contribution is 2.23. The first kappa shape index (κ1) is 20.1. The summed E-state index contributed by atoms with van der Waals surface area (Å²) in [5.74, 6) is 0. The minimum Gasteiger partial charge on any atom is -0.379 e. The molecule has 0 spiro atoms. The molecule has 6 heteroatoms. The van der Waals surface area contributed by atoms with Crippen LogP contribution in [0.1, 0.15) is 22.7 Å². The summed E-state index contributed by atoms with van der Waals surface area (Å²) in [7, 11) is 0. The summed E-state index contributed by atoms with van der Waals surface area (Å²) in [6.07, 6.45) is 0. The van der Waals surface area contributed by atoms with Crippen molar-refractivity contribution in [1.29, 1.82) is 0 Å². The largest absolute Gasteiger partial charge is 0.379 e. The summed E-state index contributed by atoms with van der Waals surface area (Å²) in [4.78, 5) is 2.41. The predicted molar refractivity (Wildman–Crippen MR) is 117 cm³/mol. The Bertz CT molecular complexity index is 775. The molecule has 4 nitrogen and oxygen atoms in total. The summed E-state index contributed by atoms with van der Waals surface area (Å²) in [6, 6.07) is 14.5. The number of ether oxygens (including phenoxy) is 1. The molecular weight excluding hydrogens is 378 g/mol. The molecule has 1 heterocycles. The van der Waals surface area contributed by atoms with Crippen molar-refractivity contribution < 1.29 is 4.74 Å². The average molecular weight is 404 g/mol. The normalized spacial score (nSPS) is 16.0. The minimum atomic E-state index is 0.100. The first-order chi connectivity index (χ1) is 13.0. The fraction of sp³-hybridized carbons (Fsp3) is 0.381. The van der Waals surface area contributed by atoms with E-state index in [1.54, 1.807) is 0 Å². The molecule has 144 valence electrons. The van der Waals surface area contributed by atoms with Crippen LogP contribution in [-0.4, -0.2) is 42.9 Å². The Balaban J connectivity index is 1.72. The molecule has 2 N–H and O–H groups in total. The molecular formula is C21H26ClN3OS. The van der Waals surface area contributed by atoms with Gasteiger partial charge in [0.15, 0.2) is 5.11 Å². The van der Waals surface area contributed by atoms with Crippen LogP contribution in [0.2, 0.25) is 5.02 Å². The van der Waals surface area contributed by atoms with Crippen LogP contribution in [0.25, 0.3) is 0 Å². The highest BCUT2D eigenvalue weighted by atomic mass is 35.5. The van der Waals surface area contributed by atoms with Crippen molar-refractivity contribution in [2.24, 2.45) is 0 Å². The van der Waals surface area contributed by atoms with E-state index in [0.717, 1.165) is 49.1 Å². The summed E-state index contributed by atoms with van der Waals surface area (Å²) in [5, 5.41) is 8.11. The van der Waals surface area contributed by atoms with Gasteiger partial charge in [-0.3, -0.25) is 4.90 Å². The molecule has 0 aliphatic carbocycles. The molecule has 0 amide bonds. The van der Waals surface area contributed by atoms with Gasteiger partial charge in [0, 0.05) is 30.3 Å². The van der Waals surface area contributed by atoms with Crippen molar-refractivity contribution in [3.8, 4) is 0 Å². The number of aryl methyl sites for hydroxylation is 1. The van der Waals surface area contributed by atoms with E-state index in [-0.39, 0.29) is 6.04 Å². The Kier molecular flexibility index (Phi) is 7.07. The number of rotatable bonds is 5. The molecule has 0 unspecified atom stereocenters. The van der Waals surface area contributed by atoms with Crippen LogP contribution in [0.5, 0.6) is 0 Å². The Hall–Kier alpha value is -1.66. The zero-order chi connectivity index (χ0) is 19.2. The van der Waals surface area contributed by atoms with Gasteiger partial charge < -0.3 is 15.4 Å². The van der Waals surface area contributed by atoms with Crippen LogP contribution >= 0.6 is 23.8 Å². The van der Waals surface area contributed by atoms with Gasteiger partial charge in [-0.05, 0) is 49.3 Å². The van der Waals surface area contributed by atoms with Crippen LogP contribution in [0, 0.1) is 13.8 Å². The number of nitrogens with one attached hydrogen (secondary N) is 2. The first-order valence-electron chi connectivity index (χ1n) is 9.22. The number of hydrogen-bond donors (Lipinski definition) is 2. The van der Waals surface area contributed by atoms with E-state index in [4.69, 9.17) is 28.6 Å². The molecule has 2 aromatic carbocycles.